The zero-order chi connectivity index (χ0) is 9.97. The molecule has 0 amide bonds. The molecule has 0 aromatic carbocycles. The average Bonchev–Trinajstić information content (AvgIpc) is 2.88. The predicted octanol–water partition coefficient (Wildman–Crippen LogP) is 3.45. The minimum atomic E-state index is 0. The van der Waals surface area contributed by atoms with Crippen molar-refractivity contribution in [3.63, 3.8) is 0 Å². The summed E-state index contributed by atoms with van der Waals surface area (Å²) in [6.45, 7) is 2.10. The number of nitrogens with two attached hydrogens (primary N) is 1. The lowest BCUT2D eigenvalue weighted by molar-refractivity contribution is 0.358. The highest BCUT2D eigenvalue weighted by Crippen LogP contribution is 2.34. The largest absolute Gasteiger partial charge is 0.464 e. The van der Waals surface area contributed by atoms with Crippen molar-refractivity contribution in [1.82, 2.24) is 0 Å². The van der Waals surface area contributed by atoms with Crippen LogP contribution in [0.15, 0.2) is 16.5 Å². The minimum Gasteiger partial charge on any atom is -0.464 e. The highest BCUT2D eigenvalue weighted by molar-refractivity contribution is 5.85. The van der Waals surface area contributed by atoms with E-state index in [9.17, 15) is 0 Å². The first-order chi connectivity index (χ1) is 6.81. The van der Waals surface area contributed by atoms with Crippen molar-refractivity contribution >= 4 is 12.4 Å². The maximum Gasteiger partial charge on any atom is 0.121 e. The lowest BCUT2D eigenvalue weighted by Gasteiger charge is -2.15. The fourth-order valence-corrected chi connectivity index (χ4v) is 2.31. The Balaban J connectivity index is 0.00000112. The normalized spacial score (nSPS) is 18.8. The number of halogens is 1. The van der Waals surface area contributed by atoms with Crippen LogP contribution < -0.4 is 5.73 Å². The Kier molecular flexibility index (Phi) is 4.68. The Morgan fingerprint density at radius 2 is 2.07 bits per heavy atom. The first-order valence-electron chi connectivity index (χ1n) is 5.65. The number of hydrogen-bond donors (Lipinski definition) is 1. The number of aryl methyl sites for hydroxylation is 1. The lowest BCUT2D eigenvalue weighted by atomic mass is 9.97. The Hall–Kier alpha value is -0.470. The van der Waals surface area contributed by atoms with Crippen molar-refractivity contribution in [3.05, 3.63) is 23.7 Å². The summed E-state index contributed by atoms with van der Waals surface area (Å²) < 4.78 is 5.68. The molecule has 3 heteroatoms. The van der Waals surface area contributed by atoms with Gasteiger partial charge in [0, 0.05) is 6.42 Å². The minimum absolute atomic E-state index is 0. The highest BCUT2D eigenvalue weighted by Gasteiger charge is 2.25. The molecule has 0 spiro atoms. The quantitative estimate of drug-likeness (QED) is 0.862. The smallest absolute Gasteiger partial charge is 0.121 e. The molecule has 1 saturated carbocycles. The molecule has 0 radical (unpaired) electrons. The van der Waals surface area contributed by atoms with E-state index >= 15 is 0 Å². The van der Waals surface area contributed by atoms with Gasteiger partial charge < -0.3 is 10.2 Å². The summed E-state index contributed by atoms with van der Waals surface area (Å²) in [6.07, 6.45) is 6.16. The molecule has 1 aliphatic carbocycles. The summed E-state index contributed by atoms with van der Waals surface area (Å²) in [5.74, 6) is 2.67. The van der Waals surface area contributed by atoms with Gasteiger partial charge in [0.1, 0.15) is 11.5 Å². The van der Waals surface area contributed by atoms with Gasteiger partial charge in [0.25, 0.3) is 0 Å². The van der Waals surface area contributed by atoms with E-state index in [4.69, 9.17) is 10.2 Å². The fourth-order valence-electron chi connectivity index (χ4n) is 2.31. The average molecular weight is 230 g/mol. The molecule has 15 heavy (non-hydrogen) atoms. The van der Waals surface area contributed by atoms with Crippen LogP contribution in [0.1, 0.15) is 50.2 Å². The zero-order valence-corrected chi connectivity index (χ0v) is 10.1. The van der Waals surface area contributed by atoms with E-state index < -0.39 is 0 Å². The van der Waals surface area contributed by atoms with Gasteiger partial charge in [0.05, 0.1) is 6.04 Å². The van der Waals surface area contributed by atoms with E-state index in [1.54, 1.807) is 0 Å². The van der Waals surface area contributed by atoms with Crippen LogP contribution in [-0.2, 0) is 6.42 Å². The Labute approximate surface area is 97.6 Å². The second kappa shape index (κ2) is 5.57. The van der Waals surface area contributed by atoms with E-state index in [1.807, 2.05) is 12.1 Å². The molecule has 86 valence electrons. The van der Waals surface area contributed by atoms with Crippen molar-refractivity contribution in [2.45, 2.75) is 45.1 Å². The van der Waals surface area contributed by atoms with E-state index in [-0.39, 0.29) is 18.4 Å². The van der Waals surface area contributed by atoms with Crippen molar-refractivity contribution in [2.24, 2.45) is 11.7 Å². The second-order valence-corrected chi connectivity index (χ2v) is 4.23. The van der Waals surface area contributed by atoms with Crippen LogP contribution in [0.4, 0.5) is 0 Å². The number of rotatable bonds is 3. The van der Waals surface area contributed by atoms with E-state index in [2.05, 4.69) is 6.92 Å². The van der Waals surface area contributed by atoms with Crippen LogP contribution in [0.3, 0.4) is 0 Å². The first-order valence-corrected chi connectivity index (χ1v) is 5.65. The number of hydrogen-bond acceptors (Lipinski definition) is 2. The predicted molar refractivity (Wildman–Crippen MR) is 64.2 cm³/mol. The summed E-state index contributed by atoms with van der Waals surface area (Å²) in [4.78, 5) is 0. The molecule has 1 atom stereocenters. The summed E-state index contributed by atoms with van der Waals surface area (Å²) in [7, 11) is 0. The van der Waals surface area contributed by atoms with Crippen molar-refractivity contribution in [1.29, 1.82) is 0 Å². The van der Waals surface area contributed by atoms with Gasteiger partial charge in [-0.3, -0.25) is 0 Å². The van der Waals surface area contributed by atoms with E-state index in [1.165, 1.54) is 25.7 Å². The molecular weight excluding hydrogens is 210 g/mol. The van der Waals surface area contributed by atoms with E-state index in [0.29, 0.717) is 5.92 Å². The third-order valence-electron chi connectivity index (χ3n) is 3.27. The summed E-state index contributed by atoms with van der Waals surface area (Å²) in [5, 5.41) is 0. The van der Waals surface area contributed by atoms with Crippen molar-refractivity contribution in [3.8, 4) is 0 Å². The lowest BCUT2D eigenvalue weighted by Crippen LogP contribution is -2.18. The van der Waals surface area contributed by atoms with Gasteiger partial charge in [-0.2, -0.15) is 0 Å². The third kappa shape index (κ3) is 2.76. The van der Waals surface area contributed by atoms with Gasteiger partial charge >= 0.3 is 0 Å². The monoisotopic (exact) mass is 229 g/mol. The van der Waals surface area contributed by atoms with E-state index in [0.717, 1.165) is 17.9 Å². The Morgan fingerprint density at radius 3 is 2.60 bits per heavy atom. The van der Waals surface area contributed by atoms with Gasteiger partial charge in [-0.1, -0.05) is 19.8 Å². The molecule has 0 bridgehead atoms. The Bertz CT molecular complexity index is 292. The van der Waals surface area contributed by atoms with Crippen LogP contribution in [0.2, 0.25) is 0 Å². The van der Waals surface area contributed by atoms with Crippen LogP contribution in [0.5, 0.6) is 0 Å². The topological polar surface area (TPSA) is 39.2 Å². The molecule has 2 nitrogen and oxygen atoms in total. The molecule has 0 unspecified atom stereocenters. The first kappa shape index (κ1) is 12.6. The molecule has 1 aliphatic rings. The van der Waals surface area contributed by atoms with Gasteiger partial charge in [-0.05, 0) is 30.9 Å². The molecule has 2 N–H and O–H groups in total. The highest BCUT2D eigenvalue weighted by atomic mass is 35.5. The van der Waals surface area contributed by atoms with Crippen LogP contribution in [0.25, 0.3) is 0 Å². The van der Waals surface area contributed by atoms with Gasteiger partial charge in [0.15, 0.2) is 0 Å². The zero-order valence-electron chi connectivity index (χ0n) is 9.24. The second-order valence-electron chi connectivity index (χ2n) is 4.23. The summed E-state index contributed by atoms with van der Waals surface area (Å²) in [6, 6.07) is 4.21. The standard InChI is InChI=1S/C12H19NO.ClH/c1-2-10-7-8-11(14-10)12(13)9-5-3-4-6-9;/h7-9,12H,2-6,13H2,1H3;1H/t12-;/m0./s1. The van der Waals surface area contributed by atoms with Crippen molar-refractivity contribution in [2.75, 3.05) is 0 Å². The summed E-state index contributed by atoms with van der Waals surface area (Å²) >= 11 is 0. The maximum absolute atomic E-state index is 6.17. The molecule has 0 aliphatic heterocycles. The SMILES string of the molecule is CCc1ccc([C@@H](N)C2CCCC2)o1.Cl. The van der Waals surface area contributed by atoms with Gasteiger partial charge in [-0.25, -0.2) is 0 Å². The third-order valence-corrected chi connectivity index (χ3v) is 3.27. The molecule has 1 heterocycles. The molecule has 1 aromatic rings. The van der Waals surface area contributed by atoms with Gasteiger partial charge in [0.2, 0.25) is 0 Å². The molecule has 1 aromatic heterocycles. The Morgan fingerprint density at radius 1 is 1.40 bits per heavy atom. The molecule has 1 fully saturated rings. The summed E-state index contributed by atoms with van der Waals surface area (Å²) in [5.41, 5.74) is 6.17. The van der Waals surface area contributed by atoms with Gasteiger partial charge in [-0.15, -0.1) is 12.4 Å². The molecule has 2 rings (SSSR count). The van der Waals surface area contributed by atoms with Crippen LogP contribution in [0, 0.1) is 5.92 Å². The molecule has 0 saturated heterocycles. The van der Waals surface area contributed by atoms with Crippen LogP contribution >= 0.6 is 12.4 Å². The maximum atomic E-state index is 6.17. The van der Waals surface area contributed by atoms with Crippen LogP contribution in [-0.4, -0.2) is 0 Å². The number of furan rings is 1. The molecular formula is C12H20ClNO. The van der Waals surface area contributed by atoms with Crippen molar-refractivity contribution < 1.29 is 4.42 Å². The fraction of sp³-hybridized carbons (Fsp3) is 0.667.